The van der Waals surface area contributed by atoms with Crippen molar-refractivity contribution in [3.05, 3.63) is 65.2 Å². The van der Waals surface area contributed by atoms with Crippen LogP contribution < -0.4 is 4.90 Å². The maximum absolute atomic E-state index is 12.5. The summed E-state index contributed by atoms with van der Waals surface area (Å²) in [7, 11) is 1.34. The number of esters is 1. The SMILES string of the molecule is CCN1C(=O)/C(=N/N=C\c2ccc(C(=O)OC)cc2)c2ccccc21. The first-order valence-corrected chi connectivity index (χ1v) is 7.86. The van der Waals surface area contributed by atoms with Crippen molar-refractivity contribution in [3.63, 3.8) is 0 Å². The van der Waals surface area contributed by atoms with Gasteiger partial charge in [0.2, 0.25) is 0 Å². The van der Waals surface area contributed by atoms with Gasteiger partial charge in [-0.1, -0.05) is 30.3 Å². The van der Waals surface area contributed by atoms with Crippen LogP contribution in [0.15, 0.2) is 58.7 Å². The molecule has 0 atom stereocenters. The summed E-state index contributed by atoms with van der Waals surface area (Å²) in [5.74, 6) is -0.543. The van der Waals surface area contributed by atoms with E-state index in [0.717, 1.165) is 16.8 Å². The summed E-state index contributed by atoms with van der Waals surface area (Å²) in [6, 6.07) is 14.3. The van der Waals surface area contributed by atoms with Gasteiger partial charge in [0.05, 0.1) is 24.6 Å². The number of ether oxygens (including phenoxy) is 1. The van der Waals surface area contributed by atoms with Crippen LogP contribution in [0.25, 0.3) is 0 Å². The average molecular weight is 335 g/mol. The fourth-order valence-corrected chi connectivity index (χ4v) is 2.65. The number of methoxy groups -OCH3 is 1. The first kappa shape index (κ1) is 16.6. The molecule has 0 aromatic heterocycles. The molecular weight excluding hydrogens is 318 g/mol. The van der Waals surface area contributed by atoms with Crippen LogP contribution in [-0.2, 0) is 9.53 Å². The quantitative estimate of drug-likeness (QED) is 0.490. The van der Waals surface area contributed by atoms with Crippen molar-refractivity contribution < 1.29 is 14.3 Å². The van der Waals surface area contributed by atoms with E-state index >= 15 is 0 Å². The molecule has 1 heterocycles. The molecule has 1 aliphatic rings. The fourth-order valence-electron chi connectivity index (χ4n) is 2.65. The number of para-hydroxylation sites is 1. The lowest BCUT2D eigenvalue weighted by Crippen LogP contribution is -2.29. The molecule has 0 spiro atoms. The number of hydrogen-bond acceptors (Lipinski definition) is 5. The van der Waals surface area contributed by atoms with Crippen molar-refractivity contribution >= 4 is 29.5 Å². The van der Waals surface area contributed by atoms with Crippen LogP contribution in [0.4, 0.5) is 5.69 Å². The highest BCUT2D eigenvalue weighted by atomic mass is 16.5. The molecule has 25 heavy (non-hydrogen) atoms. The Balaban J connectivity index is 1.83. The number of anilines is 1. The third kappa shape index (κ3) is 3.19. The van der Waals surface area contributed by atoms with E-state index in [9.17, 15) is 9.59 Å². The van der Waals surface area contributed by atoms with Gasteiger partial charge in [0.25, 0.3) is 5.91 Å². The maximum atomic E-state index is 12.5. The number of fused-ring (bicyclic) bond motifs is 1. The summed E-state index contributed by atoms with van der Waals surface area (Å²) in [5, 5.41) is 8.15. The molecule has 0 aliphatic carbocycles. The normalized spacial score (nSPS) is 15.0. The van der Waals surface area contributed by atoms with Crippen LogP contribution in [-0.4, -0.2) is 37.5 Å². The molecule has 0 N–H and O–H groups in total. The van der Waals surface area contributed by atoms with Gasteiger partial charge < -0.3 is 9.64 Å². The van der Waals surface area contributed by atoms with Gasteiger partial charge in [0.1, 0.15) is 0 Å². The van der Waals surface area contributed by atoms with Crippen molar-refractivity contribution in [3.8, 4) is 0 Å². The molecule has 2 aromatic rings. The molecule has 0 fully saturated rings. The van der Waals surface area contributed by atoms with E-state index in [0.29, 0.717) is 17.8 Å². The minimum Gasteiger partial charge on any atom is -0.465 e. The molecule has 6 nitrogen and oxygen atoms in total. The van der Waals surface area contributed by atoms with Gasteiger partial charge in [-0.3, -0.25) is 4.79 Å². The Morgan fingerprint density at radius 2 is 1.88 bits per heavy atom. The highest BCUT2D eigenvalue weighted by molar-refractivity contribution is 6.54. The minimum atomic E-state index is -0.392. The predicted molar refractivity (Wildman–Crippen MR) is 96.4 cm³/mol. The second kappa shape index (κ2) is 7.09. The smallest absolute Gasteiger partial charge is 0.337 e. The number of likely N-dealkylation sites (N-methyl/N-ethyl adjacent to an activating group) is 1. The Morgan fingerprint density at radius 1 is 1.16 bits per heavy atom. The van der Waals surface area contributed by atoms with Crippen molar-refractivity contribution in [2.75, 3.05) is 18.6 Å². The number of benzene rings is 2. The molecular formula is C19H17N3O3. The second-order valence-corrected chi connectivity index (χ2v) is 5.37. The number of rotatable bonds is 4. The van der Waals surface area contributed by atoms with Crippen LogP contribution >= 0.6 is 0 Å². The van der Waals surface area contributed by atoms with E-state index in [1.165, 1.54) is 7.11 Å². The molecule has 126 valence electrons. The van der Waals surface area contributed by atoms with Gasteiger partial charge in [0.15, 0.2) is 5.71 Å². The predicted octanol–water partition coefficient (Wildman–Crippen LogP) is 2.66. The third-order valence-corrected chi connectivity index (χ3v) is 3.91. The molecule has 0 radical (unpaired) electrons. The number of carbonyl (C=O) groups excluding carboxylic acids is 2. The van der Waals surface area contributed by atoms with Crippen molar-refractivity contribution in [1.82, 2.24) is 0 Å². The molecule has 2 aromatic carbocycles. The maximum Gasteiger partial charge on any atom is 0.337 e. The first-order chi connectivity index (χ1) is 12.2. The number of hydrogen-bond donors (Lipinski definition) is 0. The third-order valence-electron chi connectivity index (χ3n) is 3.91. The van der Waals surface area contributed by atoms with Crippen LogP contribution in [0.5, 0.6) is 0 Å². The lowest BCUT2D eigenvalue weighted by Gasteiger charge is -2.12. The summed E-state index contributed by atoms with van der Waals surface area (Å²) in [6.07, 6.45) is 1.54. The van der Waals surface area contributed by atoms with Crippen LogP contribution in [0.1, 0.15) is 28.4 Å². The van der Waals surface area contributed by atoms with Crippen molar-refractivity contribution in [2.24, 2.45) is 10.2 Å². The molecule has 0 bridgehead atoms. The van der Waals surface area contributed by atoms with Crippen LogP contribution in [0.2, 0.25) is 0 Å². The van der Waals surface area contributed by atoms with E-state index in [4.69, 9.17) is 0 Å². The lowest BCUT2D eigenvalue weighted by molar-refractivity contribution is -0.112. The minimum absolute atomic E-state index is 0.151. The van der Waals surface area contributed by atoms with E-state index in [-0.39, 0.29) is 5.91 Å². The fraction of sp³-hybridized carbons (Fsp3) is 0.158. The molecule has 6 heteroatoms. The van der Waals surface area contributed by atoms with Gasteiger partial charge in [-0.25, -0.2) is 4.79 Å². The van der Waals surface area contributed by atoms with E-state index in [2.05, 4.69) is 14.9 Å². The summed E-state index contributed by atoms with van der Waals surface area (Å²) < 4.78 is 4.65. The zero-order chi connectivity index (χ0) is 17.8. The molecule has 0 unspecified atom stereocenters. The lowest BCUT2D eigenvalue weighted by atomic mass is 10.1. The zero-order valence-corrected chi connectivity index (χ0v) is 14.0. The largest absolute Gasteiger partial charge is 0.465 e. The Hall–Kier alpha value is -3.28. The highest BCUT2D eigenvalue weighted by Crippen LogP contribution is 2.28. The van der Waals surface area contributed by atoms with Gasteiger partial charge in [0, 0.05) is 12.1 Å². The Morgan fingerprint density at radius 3 is 2.56 bits per heavy atom. The van der Waals surface area contributed by atoms with Crippen LogP contribution in [0.3, 0.4) is 0 Å². The summed E-state index contributed by atoms with van der Waals surface area (Å²) in [5.41, 5.74) is 3.20. The number of nitrogens with zero attached hydrogens (tertiary/aromatic N) is 3. The summed E-state index contributed by atoms with van der Waals surface area (Å²) in [4.78, 5) is 25.5. The Bertz CT molecular complexity index is 870. The summed E-state index contributed by atoms with van der Waals surface area (Å²) >= 11 is 0. The number of carbonyl (C=O) groups is 2. The first-order valence-electron chi connectivity index (χ1n) is 7.86. The summed E-state index contributed by atoms with van der Waals surface area (Å²) in [6.45, 7) is 2.50. The molecule has 3 rings (SSSR count). The van der Waals surface area contributed by atoms with Gasteiger partial charge >= 0.3 is 5.97 Å². The Kier molecular flexibility index (Phi) is 4.70. The molecule has 0 saturated carbocycles. The van der Waals surface area contributed by atoms with Gasteiger partial charge in [-0.05, 0) is 30.7 Å². The average Bonchev–Trinajstić information content (AvgIpc) is 2.93. The van der Waals surface area contributed by atoms with Crippen molar-refractivity contribution in [2.45, 2.75) is 6.92 Å². The highest BCUT2D eigenvalue weighted by Gasteiger charge is 2.32. The van der Waals surface area contributed by atoms with Crippen molar-refractivity contribution in [1.29, 1.82) is 0 Å². The van der Waals surface area contributed by atoms with Gasteiger partial charge in [-0.2, -0.15) is 5.10 Å². The van der Waals surface area contributed by atoms with Crippen LogP contribution in [0, 0.1) is 0 Å². The Labute approximate surface area is 145 Å². The molecule has 0 saturated heterocycles. The standard InChI is InChI=1S/C19H17N3O3/c1-3-22-16-7-5-4-6-15(16)17(18(22)23)21-20-12-13-8-10-14(11-9-13)19(24)25-2/h4-12H,3H2,1-2H3/b20-12-,21-17+. The molecule has 1 aliphatic heterocycles. The van der Waals surface area contributed by atoms with E-state index < -0.39 is 5.97 Å². The van der Waals surface area contributed by atoms with Gasteiger partial charge in [-0.15, -0.1) is 5.10 Å². The second-order valence-electron chi connectivity index (χ2n) is 5.37. The monoisotopic (exact) mass is 335 g/mol. The van der Waals surface area contributed by atoms with E-state index in [1.54, 1.807) is 35.4 Å². The van der Waals surface area contributed by atoms with E-state index in [1.807, 2.05) is 31.2 Å². The topological polar surface area (TPSA) is 71.3 Å². The zero-order valence-electron chi connectivity index (χ0n) is 14.0. The number of amides is 1. The molecule has 1 amide bonds.